The number of ether oxygens (including phenoxy) is 12. The molecule has 10 aliphatic rings. The second-order valence-electron chi connectivity index (χ2n) is 29.5. The molecular weight excluding hydrogens is 1330 g/mol. The number of allylic oxidation sites excluding steroid dienone is 2. The van der Waals surface area contributed by atoms with Crippen molar-refractivity contribution in [1.82, 2.24) is 0 Å². The molecule has 3 saturated carbocycles. The van der Waals surface area contributed by atoms with E-state index >= 15 is 0 Å². The largest absolute Gasteiger partial charge is 1.00 e. The van der Waals surface area contributed by atoms with Crippen molar-refractivity contribution in [3.63, 3.8) is 0 Å². The van der Waals surface area contributed by atoms with Crippen LogP contribution in [0.15, 0.2) is 11.6 Å². The smallest absolute Gasteiger partial charge is 0.726 e. The van der Waals surface area contributed by atoms with E-state index in [9.17, 15) is 99.5 Å². The van der Waals surface area contributed by atoms with Gasteiger partial charge in [-0.2, -0.15) is 0 Å². The van der Waals surface area contributed by atoms with Crippen LogP contribution >= 0.6 is 0 Å². The van der Waals surface area contributed by atoms with Crippen LogP contribution in [0.5, 0.6) is 0 Å². The first-order valence-corrected chi connectivity index (χ1v) is 34.7. The van der Waals surface area contributed by atoms with Gasteiger partial charge >= 0.3 is 29.6 Å². The van der Waals surface area contributed by atoms with Gasteiger partial charge in [0.15, 0.2) is 37.7 Å². The van der Waals surface area contributed by atoms with Gasteiger partial charge in [0.25, 0.3) is 0 Å². The predicted molar refractivity (Wildman–Crippen MR) is 316 cm³/mol. The summed E-state index contributed by atoms with van der Waals surface area (Å²) in [5.74, 6) is -1.01. The molecule has 0 spiro atoms. The van der Waals surface area contributed by atoms with Crippen molar-refractivity contribution in [3.8, 4) is 0 Å². The number of aliphatic hydroxyl groups is 16. The Labute approximate surface area is 584 Å². The number of hydrogen-bond donors (Lipinski definition) is 16. The molecule has 0 aromatic carbocycles. The summed E-state index contributed by atoms with van der Waals surface area (Å²) in [7, 11) is -5.17. The summed E-state index contributed by atoms with van der Waals surface area (Å²) in [5.41, 5.74) is -1.41. The van der Waals surface area contributed by atoms with Crippen LogP contribution in [-0.4, -0.2) is 316 Å². The summed E-state index contributed by atoms with van der Waals surface area (Å²) in [5, 5.41) is 179. The van der Waals surface area contributed by atoms with Crippen molar-refractivity contribution < 1.29 is 190 Å². The number of ketones is 1. The van der Waals surface area contributed by atoms with E-state index in [1.54, 1.807) is 6.92 Å². The molecule has 0 aromatic heterocycles. The maximum absolute atomic E-state index is 13.3. The zero-order valence-corrected chi connectivity index (χ0v) is 58.7. The molecule has 554 valence electrons. The summed E-state index contributed by atoms with van der Waals surface area (Å²) in [6.07, 6.45) is -49.0. The monoisotopic (exact) mass is 1430 g/mol. The molecule has 97 heavy (non-hydrogen) atoms. The molecule has 6 saturated heterocycles. The average molecular weight is 1430 g/mol. The number of fused-ring (bicyclic) bond motifs is 5. The Morgan fingerprint density at radius 1 is 0.588 bits per heavy atom. The molecular formula is C62H101NaO33S. The van der Waals surface area contributed by atoms with Crippen LogP contribution < -0.4 is 29.6 Å². The Hall–Kier alpha value is -0.840. The normalized spacial score (nSPS) is 51.1. The molecule has 16 N–H and O–H groups in total. The van der Waals surface area contributed by atoms with Crippen LogP contribution in [0.4, 0.5) is 0 Å². The number of hydrogen-bond acceptors (Lipinski definition) is 33. The SMILES string of the molecule is CC(C)CC(=O)CC(C)(O)[C@H]1CCC2C3C[C@H](O[C@@H]4O[C@H](C)[C@@H](O)[C@H](O[C@@H]5OC[C@@H](O[C@@H]6O[C@H](CO)[C@H](O)[C@H](O)[C@H]6O[C@@H]6O[C@H](C)[C@H](O)[C@H](O[C@@H]7O[C@H](CO)[C@H](O)[C@H](O)[C@H]7O)[C@H]6O)[C@H](O)[C@H]5O[C@@H]5O[C@H](C)[C@@H](O)[C@H](O)[C@H]5O)[C@H]4O)[C@H]4C[C@@H](OS(=O)(=O)[O-])CC[C@]4(C)C3=CC[C@@]21C.[Na+]. The number of carbonyl (C=O) groups is 1. The third-order valence-corrected chi connectivity index (χ3v) is 22.9. The molecule has 38 atom stereocenters. The fraction of sp³-hybridized carbons (Fsp3) is 0.952. The molecule has 35 heteroatoms. The van der Waals surface area contributed by atoms with Crippen molar-refractivity contribution in [2.45, 2.75) is 309 Å². The van der Waals surface area contributed by atoms with Gasteiger partial charge in [-0.15, -0.1) is 0 Å². The van der Waals surface area contributed by atoms with Crippen LogP contribution in [0.2, 0.25) is 0 Å². The van der Waals surface area contributed by atoms with Crippen LogP contribution in [0.1, 0.15) is 113 Å². The molecule has 0 aromatic rings. The molecule has 33 nitrogen and oxygen atoms in total. The Morgan fingerprint density at radius 3 is 1.64 bits per heavy atom. The molecule has 10 rings (SSSR count). The quantitative estimate of drug-likeness (QED) is 0.0220. The molecule has 4 aliphatic carbocycles. The molecule has 9 fully saturated rings. The molecule has 0 amide bonds. The van der Waals surface area contributed by atoms with E-state index in [1.807, 2.05) is 20.8 Å². The standard InChI is InChI=1S/C62H102O33S.Na/c1-22(2)15-26(65)18-62(8,79)36-10-9-29-28-17-32(31-16-27(95-96(80,81)82)11-13-60(31,6)30(28)12-14-61(29,36)7)87-56-48(77)51(39(68)24(4)85-56)92-58-52(93-54-46(75)43(72)37(66)23(3)84-54)42(71)35(21-83-58)90-59-53(45(74)41(70)34(20-64)89-59)94-57-49(78)50(38(67)25(5)86-57)91-55-47(76)44(73)40(69)33(19-63)88-55;/h12,22-25,27-29,31-59,63-64,66-79H,9-11,13-21H2,1-8H3,(H,80,81,82);/q;+1/p-1/t23-,24-,25-,27+,28?,29?,31-,32+,33-,34-,35-,36+,37-,38+,39-,40+,41+,42+,43+,44+,45+,46-,47-,48-,49-,50+,51+,52-,53-,54+,55+,56+,57+,58+,59+,60-,61+,62?;/m1./s1. The summed E-state index contributed by atoms with van der Waals surface area (Å²) in [6.45, 7) is 11.4. The summed E-state index contributed by atoms with van der Waals surface area (Å²) >= 11 is 0. The van der Waals surface area contributed by atoms with Crippen molar-refractivity contribution in [2.24, 2.45) is 40.4 Å². The van der Waals surface area contributed by atoms with Crippen molar-refractivity contribution >= 4 is 16.2 Å². The van der Waals surface area contributed by atoms with E-state index in [0.717, 1.165) is 5.57 Å². The first-order valence-electron chi connectivity index (χ1n) is 33.4. The van der Waals surface area contributed by atoms with Crippen molar-refractivity contribution in [1.29, 1.82) is 0 Å². The fourth-order valence-electron chi connectivity index (χ4n) is 17.2. The Bertz CT molecular complexity index is 2760. The molecule has 6 aliphatic heterocycles. The third-order valence-electron chi connectivity index (χ3n) is 22.4. The minimum absolute atomic E-state index is 0. The van der Waals surface area contributed by atoms with Crippen LogP contribution in [0.25, 0.3) is 0 Å². The van der Waals surface area contributed by atoms with E-state index in [-0.39, 0.29) is 84.7 Å². The molecule has 0 bridgehead atoms. The first kappa shape index (κ1) is 80.3. The Kier molecular flexibility index (Phi) is 26.2. The number of Topliss-reactive ketones (excluding diaryl/α,β-unsaturated/α-hetero) is 1. The third kappa shape index (κ3) is 16.3. The zero-order chi connectivity index (χ0) is 70.3. The number of carbonyl (C=O) groups excluding carboxylic acids is 1. The first-order chi connectivity index (χ1) is 44.9. The Balaban J connectivity index is 0.0000110. The van der Waals surface area contributed by atoms with E-state index in [1.165, 1.54) is 20.8 Å². The minimum atomic E-state index is -5.17. The van der Waals surface area contributed by atoms with Gasteiger partial charge in [0.05, 0.1) is 55.9 Å². The van der Waals surface area contributed by atoms with Gasteiger partial charge in [-0.3, -0.25) is 8.98 Å². The van der Waals surface area contributed by atoms with Crippen LogP contribution in [-0.2, 0) is 76.2 Å². The molecule has 0 radical (unpaired) electrons. The van der Waals surface area contributed by atoms with E-state index < -0.39 is 243 Å². The van der Waals surface area contributed by atoms with Gasteiger partial charge in [0.1, 0.15) is 128 Å². The minimum Gasteiger partial charge on any atom is -0.726 e. The van der Waals surface area contributed by atoms with Crippen LogP contribution in [0.3, 0.4) is 0 Å². The topological polar surface area (TPSA) is 518 Å². The van der Waals surface area contributed by atoms with Crippen LogP contribution in [0, 0.1) is 40.4 Å². The zero-order valence-electron chi connectivity index (χ0n) is 55.9. The van der Waals surface area contributed by atoms with Gasteiger partial charge in [0.2, 0.25) is 10.4 Å². The molecule has 3 unspecified atom stereocenters. The predicted octanol–water partition coefficient (Wildman–Crippen LogP) is -8.19. The van der Waals surface area contributed by atoms with Gasteiger partial charge in [-0.1, -0.05) is 39.3 Å². The van der Waals surface area contributed by atoms with Gasteiger partial charge in [0, 0.05) is 12.8 Å². The maximum atomic E-state index is 13.3. The Morgan fingerprint density at radius 2 is 1.07 bits per heavy atom. The van der Waals surface area contributed by atoms with Crippen molar-refractivity contribution in [2.75, 3.05) is 19.8 Å². The number of rotatable bonds is 21. The number of aliphatic hydroxyl groups excluding tert-OH is 15. The summed E-state index contributed by atoms with van der Waals surface area (Å²) in [4.78, 5) is 13.3. The summed E-state index contributed by atoms with van der Waals surface area (Å²) < 4.78 is 114. The van der Waals surface area contributed by atoms with E-state index in [2.05, 4.69) is 13.0 Å². The molecule has 6 heterocycles. The second kappa shape index (κ2) is 31.7. The fourth-order valence-corrected chi connectivity index (χ4v) is 17.7. The van der Waals surface area contributed by atoms with E-state index in [0.29, 0.717) is 32.1 Å². The summed E-state index contributed by atoms with van der Waals surface area (Å²) in [6, 6.07) is 0. The van der Waals surface area contributed by atoms with Gasteiger partial charge < -0.3 is 143 Å². The van der Waals surface area contributed by atoms with E-state index in [4.69, 9.17) is 61.0 Å². The van der Waals surface area contributed by atoms with Crippen molar-refractivity contribution in [3.05, 3.63) is 11.6 Å². The maximum Gasteiger partial charge on any atom is 1.00 e. The van der Waals surface area contributed by atoms with Gasteiger partial charge in [-0.05, 0) is 113 Å². The second-order valence-corrected chi connectivity index (χ2v) is 30.5. The average Bonchev–Trinajstić information content (AvgIpc) is 1.69. The van der Waals surface area contributed by atoms with Gasteiger partial charge in [-0.25, -0.2) is 8.42 Å².